The van der Waals surface area contributed by atoms with E-state index >= 15 is 0 Å². The van der Waals surface area contributed by atoms with E-state index in [2.05, 4.69) is 10.3 Å². The zero-order chi connectivity index (χ0) is 11.0. The normalized spacial score (nSPS) is 29.5. The summed E-state index contributed by atoms with van der Waals surface area (Å²) in [6, 6.07) is 5.57. The molecule has 1 saturated carbocycles. The Kier molecular flexibility index (Phi) is 3.51. The van der Waals surface area contributed by atoms with E-state index in [-0.39, 0.29) is 12.4 Å². The molecule has 1 aromatic rings. The van der Waals surface area contributed by atoms with Gasteiger partial charge in [-0.1, -0.05) is 0 Å². The smallest absolute Gasteiger partial charge is 0.213 e. The maximum Gasteiger partial charge on any atom is 0.213 e. The van der Waals surface area contributed by atoms with Crippen molar-refractivity contribution in [3.8, 4) is 11.9 Å². The van der Waals surface area contributed by atoms with Gasteiger partial charge in [0.05, 0.1) is 5.56 Å². The van der Waals surface area contributed by atoms with Crippen molar-refractivity contribution in [2.75, 3.05) is 13.1 Å². The first kappa shape index (κ1) is 12.2. The average molecular weight is 252 g/mol. The van der Waals surface area contributed by atoms with E-state index in [0.29, 0.717) is 29.4 Å². The van der Waals surface area contributed by atoms with Crippen LogP contribution in [0.1, 0.15) is 12.0 Å². The predicted molar refractivity (Wildman–Crippen MR) is 65.1 cm³/mol. The second kappa shape index (κ2) is 4.91. The first-order chi connectivity index (χ1) is 7.86. The molecule has 1 unspecified atom stereocenters. The van der Waals surface area contributed by atoms with Gasteiger partial charge in [0.1, 0.15) is 12.2 Å². The topological polar surface area (TPSA) is 57.9 Å². The molecule has 0 amide bonds. The molecule has 2 aliphatic rings. The Morgan fingerprint density at radius 2 is 2.12 bits per heavy atom. The number of hydrogen-bond acceptors (Lipinski definition) is 4. The Bertz CT molecular complexity index is 414. The van der Waals surface area contributed by atoms with Crippen LogP contribution >= 0.6 is 12.4 Å². The molecule has 90 valence electrons. The van der Waals surface area contributed by atoms with E-state index < -0.39 is 0 Å². The Labute approximate surface area is 106 Å². The van der Waals surface area contributed by atoms with E-state index in [0.717, 1.165) is 13.1 Å². The number of nitrogens with zero attached hydrogens (tertiary/aromatic N) is 2. The summed E-state index contributed by atoms with van der Waals surface area (Å²) in [7, 11) is 0. The number of nitriles is 1. The highest BCUT2D eigenvalue weighted by molar-refractivity contribution is 5.85. The van der Waals surface area contributed by atoms with Crippen LogP contribution in [0.3, 0.4) is 0 Å². The molecule has 0 aromatic carbocycles. The summed E-state index contributed by atoms with van der Waals surface area (Å²) in [4.78, 5) is 4.13. The van der Waals surface area contributed by atoms with Gasteiger partial charge in [0.25, 0.3) is 0 Å². The summed E-state index contributed by atoms with van der Waals surface area (Å²) in [6.07, 6.45) is 3.15. The van der Waals surface area contributed by atoms with E-state index in [1.807, 2.05) is 6.07 Å². The van der Waals surface area contributed by atoms with Gasteiger partial charge in [-0.05, 0) is 12.5 Å². The minimum Gasteiger partial charge on any atom is -0.474 e. The van der Waals surface area contributed by atoms with Crippen LogP contribution in [0.25, 0.3) is 0 Å². The molecular formula is C12H14ClN3O. The molecule has 1 saturated heterocycles. The molecule has 1 aliphatic heterocycles. The van der Waals surface area contributed by atoms with Crippen LogP contribution in [0.4, 0.5) is 0 Å². The fourth-order valence-electron chi connectivity index (χ4n) is 2.55. The first-order valence-corrected chi connectivity index (χ1v) is 5.60. The van der Waals surface area contributed by atoms with Crippen molar-refractivity contribution in [3.63, 3.8) is 0 Å². The van der Waals surface area contributed by atoms with Crippen LogP contribution in [0, 0.1) is 23.2 Å². The molecule has 2 heterocycles. The fourth-order valence-corrected chi connectivity index (χ4v) is 2.55. The summed E-state index contributed by atoms with van der Waals surface area (Å²) in [5, 5.41) is 12.0. The van der Waals surface area contributed by atoms with Gasteiger partial charge in [-0.15, -0.1) is 12.4 Å². The number of hydrogen-bond donors (Lipinski definition) is 1. The van der Waals surface area contributed by atoms with Crippen LogP contribution in [0.5, 0.6) is 5.88 Å². The third-order valence-corrected chi connectivity index (χ3v) is 3.47. The Morgan fingerprint density at radius 3 is 2.65 bits per heavy atom. The van der Waals surface area contributed by atoms with Crippen molar-refractivity contribution < 1.29 is 4.74 Å². The van der Waals surface area contributed by atoms with Crippen molar-refractivity contribution in [1.29, 1.82) is 5.26 Å². The number of pyridine rings is 1. The molecule has 1 aliphatic carbocycles. The highest BCUT2D eigenvalue weighted by Crippen LogP contribution is 2.39. The van der Waals surface area contributed by atoms with Crippen LogP contribution < -0.4 is 10.1 Å². The van der Waals surface area contributed by atoms with E-state index in [9.17, 15) is 0 Å². The van der Waals surface area contributed by atoms with Gasteiger partial charge in [0, 0.05) is 37.2 Å². The van der Waals surface area contributed by atoms with E-state index in [1.54, 1.807) is 18.3 Å². The lowest BCUT2D eigenvalue weighted by Gasteiger charge is -2.48. The summed E-state index contributed by atoms with van der Waals surface area (Å²) in [5.41, 5.74) is 0.572. The lowest BCUT2D eigenvalue weighted by molar-refractivity contribution is -0.0470. The Morgan fingerprint density at radius 1 is 1.35 bits per heavy atom. The van der Waals surface area contributed by atoms with Crippen LogP contribution in [0.15, 0.2) is 18.3 Å². The predicted octanol–water partition coefficient (Wildman–Crippen LogP) is 1.36. The first-order valence-electron chi connectivity index (χ1n) is 5.60. The molecule has 1 N–H and O–H groups in total. The quantitative estimate of drug-likeness (QED) is 0.862. The lowest BCUT2D eigenvalue weighted by Crippen LogP contribution is -2.59. The van der Waals surface area contributed by atoms with Gasteiger partial charge >= 0.3 is 0 Å². The van der Waals surface area contributed by atoms with Gasteiger partial charge in [0.15, 0.2) is 0 Å². The molecule has 4 nitrogen and oxygen atoms in total. The number of nitrogens with one attached hydrogen (secondary N) is 1. The molecule has 0 spiro atoms. The molecule has 2 fully saturated rings. The summed E-state index contributed by atoms with van der Waals surface area (Å²) in [5.74, 6) is 1.91. The number of halogens is 1. The second-order valence-electron chi connectivity index (χ2n) is 4.49. The monoisotopic (exact) mass is 251 g/mol. The third-order valence-electron chi connectivity index (χ3n) is 3.47. The molecular weight excluding hydrogens is 238 g/mol. The zero-order valence-electron chi connectivity index (χ0n) is 9.30. The highest BCUT2D eigenvalue weighted by Gasteiger charge is 2.45. The van der Waals surface area contributed by atoms with Crippen LogP contribution in [-0.2, 0) is 0 Å². The standard InChI is InChI=1S/C12H13N3O.ClH/c13-4-8-1-2-11(15-5-8)16-12-9-3-10(12)7-14-6-9;/h1-2,5,9-10,12,14H,3,6-7H2;1H/t9-,10+,12?;. The van der Waals surface area contributed by atoms with Crippen molar-refractivity contribution in [1.82, 2.24) is 10.3 Å². The number of aromatic nitrogens is 1. The van der Waals surface area contributed by atoms with E-state index in [4.69, 9.17) is 10.00 Å². The summed E-state index contributed by atoms with van der Waals surface area (Å²) >= 11 is 0. The van der Waals surface area contributed by atoms with Crippen molar-refractivity contribution in [2.45, 2.75) is 12.5 Å². The van der Waals surface area contributed by atoms with E-state index in [1.165, 1.54) is 6.42 Å². The molecule has 17 heavy (non-hydrogen) atoms. The largest absolute Gasteiger partial charge is 0.474 e. The van der Waals surface area contributed by atoms with Crippen molar-refractivity contribution in [3.05, 3.63) is 23.9 Å². The maximum atomic E-state index is 8.66. The Hall–Kier alpha value is -1.31. The molecule has 2 bridgehead atoms. The van der Waals surface area contributed by atoms with Crippen LogP contribution in [-0.4, -0.2) is 24.2 Å². The summed E-state index contributed by atoms with van der Waals surface area (Å²) in [6.45, 7) is 2.11. The molecule has 0 radical (unpaired) electrons. The maximum absolute atomic E-state index is 8.66. The number of piperidine rings is 2. The molecule has 3 rings (SSSR count). The Balaban J connectivity index is 0.00000108. The SMILES string of the molecule is Cl.N#Cc1ccc(OC2[C@@H]3CNC[C@H]2C3)nc1. The molecule has 5 heteroatoms. The van der Waals surface area contributed by atoms with Crippen molar-refractivity contribution >= 4 is 12.4 Å². The fraction of sp³-hybridized carbons (Fsp3) is 0.500. The van der Waals surface area contributed by atoms with Gasteiger partial charge in [-0.25, -0.2) is 4.98 Å². The molecule has 3 atom stereocenters. The minimum atomic E-state index is 0. The van der Waals surface area contributed by atoms with Gasteiger partial charge in [-0.2, -0.15) is 5.26 Å². The molecule has 1 aromatic heterocycles. The van der Waals surface area contributed by atoms with Crippen LogP contribution in [0.2, 0.25) is 0 Å². The zero-order valence-corrected chi connectivity index (χ0v) is 10.1. The average Bonchev–Trinajstić information content (AvgIpc) is 2.37. The van der Waals surface area contributed by atoms with Gasteiger partial charge < -0.3 is 10.1 Å². The third kappa shape index (κ3) is 2.21. The van der Waals surface area contributed by atoms with Gasteiger partial charge in [-0.3, -0.25) is 0 Å². The van der Waals surface area contributed by atoms with Gasteiger partial charge in [0.2, 0.25) is 5.88 Å². The highest BCUT2D eigenvalue weighted by atomic mass is 35.5. The minimum absolute atomic E-state index is 0. The second-order valence-corrected chi connectivity index (χ2v) is 4.49. The summed E-state index contributed by atoms with van der Waals surface area (Å²) < 4.78 is 5.86. The number of fused-ring (bicyclic) bond motifs is 2. The lowest BCUT2D eigenvalue weighted by atomic mass is 9.69. The van der Waals surface area contributed by atoms with Crippen molar-refractivity contribution in [2.24, 2.45) is 11.8 Å². The number of rotatable bonds is 2. The number of ether oxygens (including phenoxy) is 1.